The molecule has 0 aliphatic carbocycles. The number of amides is 1. The van der Waals surface area contributed by atoms with Gasteiger partial charge < -0.3 is 10.6 Å². The van der Waals surface area contributed by atoms with E-state index in [0.29, 0.717) is 6.54 Å². The molecule has 2 atom stereocenters. The maximum Gasteiger partial charge on any atom is 0.410 e. The van der Waals surface area contributed by atoms with Crippen LogP contribution in [0.15, 0.2) is 34.9 Å². The minimum atomic E-state index is -4.46. The number of carbonyl (C=O) groups excluding carboxylic acids is 1. The fourth-order valence-electron chi connectivity index (χ4n) is 2.98. The Bertz CT molecular complexity index is 788. The molecule has 1 aliphatic heterocycles. The number of fused-ring (bicyclic) bond motifs is 1. The first-order valence-electron chi connectivity index (χ1n) is 8.25. The molecule has 0 radical (unpaired) electrons. The van der Waals surface area contributed by atoms with E-state index in [-0.39, 0.29) is 17.8 Å². The number of alkyl halides is 3. The van der Waals surface area contributed by atoms with Gasteiger partial charge in [0.1, 0.15) is 11.4 Å². The van der Waals surface area contributed by atoms with Crippen molar-refractivity contribution in [1.82, 2.24) is 15.1 Å². The first-order valence-corrected chi connectivity index (χ1v) is 9.05. The molecule has 2 N–H and O–H groups in total. The number of hydrogen-bond acceptors (Lipinski definition) is 3. The number of nitrogens with zero attached hydrogens (tertiary/aromatic N) is 2. The van der Waals surface area contributed by atoms with Crippen molar-refractivity contribution in [3.8, 4) is 0 Å². The summed E-state index contributed by atoms with van der Waals surface area (Å²) >= 11 is 3.32. The molecule has 0 unspecified atom stereocenters. The maximum atomic E-state index is 13.6. The Hall–Kier alpha value is -2.03. The van der Waals surface area contributed by atoms with Gasteiger partial charge in [0.05, 0.1) is 12.2 Å². The van der Waals surface area contributed by atoms with Crippen molar-refractivity contribution in [2.24, 2.45) is 0 Å². The van der Waals surface area contributed by atoms with Crippen molar-refractivity contribution in [2.45, 2.75) is 38.0 Å². The van der Waals surface area contributed by atoms with Crippen LogP contribution in [0.4, 0.5) is 19.0 Å². The van der Waals surface area contributed by atoms with Gasteiger partial charge in [0.25, 0.3) is 5.91 Å². The topological polar surface area (TPSA) is 59.0 Å². The highest BCUT2D eigenvalue weighted by Gasteiger charge is 2.47. The first kappa shape index (κ1) is 18.8. The third kappa shape index (κ3) is 3.72. The number of benzene rings is 1. The molecule has 1 aliphatic rings. The lowest BCUT2D eigenvalue weighted by molar-refractivity contribution is -0.173. The Morgan fingerprint density at radius 3 is 2.69 bits per heavy atom. The van der Waals surface area contributed by atoms with Crippen molar-refractivity contribution in [3.05, 3.63) is 46.1 Å². The summed E-state index contributed by atoms with van der Waals surface area (Å²) in [5, 5.41) is 9.59. The molecule has 9 heteroatoms. The van der Waals surface area contributed by atoms with Gasteiger partial charge in [0.2, 0.25) is 0 Å². The predicted octanol–water partition coefficient (Wildman–Crippen LogP) is 4.45. The number of anilines is 1. The lowest BCUT2D eigenvalue weighted by Gasteiger charge is -2.34. The lowest BCUT2D eigenvalue weighted by atomic mass is 9.96. The Kier molecular flexibility index (Phi) is 5.27. The van der Waals surface area contributed by atoms with Crippen molar-refractivity contribution < 1.29 is 18.0 Å². The van der Waals surface area contributed by atoms with Gasteiger partial charge in [0.15, 0.2) is 6.04 Å². The van der Waals surface area contributed by atoms with Crippen LogP contribution in [0.1, 0.15) is 47.8 Å². The Morgan fingerprint density at radius 2 is 2.08 bits per heavy atom. The molecule has 0 bridgehead atoms. The van der Waals surface area contributed by atoms with E-state index < -0.39 is 24.2 Å². The molecule has 0 saturated carbocycles. The summed E-state index contributed by atoms with van der Waals surface area (Å²) in [5.74, 6) is -0.335. The summed E-state index contributed by atoms with van der Waals surface area (Å²) in [4.78, 5) is 12.3. The summed E-state index contributed by atoms with van der Waals surface area (Å²) in [6, 6.07) is 4.72. The monoisotopic (exact) mass is 430 g/mol. The zero-order chi connectivity index (χ0) is 18.9. The van der Waals surface area contributed by atoms with Crippen LogP contribution in [0.3, 0.4) is 0 Å². The van der Waals surface area contributed by atoms with Crippen LogP contribution in [0.25, 0.3) is 0 Å². The van der Waals surface area contributed by atoms with E-state index in [1.807, 2.05) is 6.92 Å². The van der Waals surface area contributed by atoms with Crippen molar-refractivity contribution in [1.29, 1.82) is 0 Å². The molecule has 0 fully saturated rings. The van der Waals surface area contributed by atoms with Gasteiger partial charge >= 0.3 is 6.18 Å². The Morgan fingerprint density at radius 1 is 1.38 bits per heavy atom. The van der Waals surface area contributed by atoms with Crippen LogP contribution in [-0.4, -0.2) is 28.4 Å². The quantitative estimate of drug-likeness (QED) is 0.753. The van der Waals surface area contributed by atoms with Crippen molar-refractivity contribution in [2.75, 3.05) is 11.9 Å². The summed E-state index contributed by atoms with van der Waals surface area (Å²) in [5.41, 5.74) is 0.837. The van der Waals surface area contributed by atoms with Crippen LogP contribution in [0.2, 0.25) is 0 Å². The zero-order valence-corrected chi connectivity index (χ0v) is 15.6. The summed E-state index contributed by atoms with van der Waals surface area (Å²) in [6.45, 7) is 2.34. The Labute approximate surface area is 157 Å². The highest BCUT2D eigenvalue weighted by atomic mass is 79.9. The van der Waals surface area contributed by atoms with Gasteiger partial charge in [-0.25, -0.2) is 4.68 Å². The SMILES string of the molecule is CCCNC(=O)c1cnn2c1N[C@@H](c1ccc(Br)cc1)C[C@H]2C(F)(F)F. The van der Waals surface area contributed by atoms with E-state index in [1.165, 1.54) is 6.20 Å². The van der Waals surface area contributed by atoms with Crippen LogP contribution in [-0.2, 0) is 0 Å². The van der Waals surface area contributed by atoms with E-state index in [9.17, 15) is 18.0 Å². The van der Waals surface area contributed by atoms with Crippen LogP contribution in [0, 0.1) is 0 Å². The van der Waals surface area contributed by atoms with Crippen molar-refractivity contribution >= 4 is 27.7 Å². The van der Waals surface area contributed by atoms with Crippen LogP contribution >= 0.6 is 15.9 Å². The predicted molar refractivity (Wildman–Crippen MR) is 95.1 cm³/mol. The smallest absolute Gasteiger partial charge is 0.363 e. The second kappa shape index (κ2) is 7.30. The van der Waals surface area contributed by atoms with Gasteiger partial charge in [-0.2, -0.15) is 18.3 Å². The largest absolute Gasteiger partial charge is 0.410 e. The third-order valence-electron chi connectivity index (χ3n) is 4.29. The second-order valence-electron chi connectivity index (χ2n) is 6.15. The molecule has 2 aromatic rings. The number of rotatable bonds is 4. The fraction of sp³-hybridized carbons (Fsp3) is 0.412. The van der Waals surface area contributed by atoms with E-state index in [1.54, 1.807) is 24.3 Å². The second-order valence-corrected chi connectivity index (χ2v) is 7.06. The summed E-state index contributed by atoms with van der Waals surface area (Å²) in [7, 11) is 0. The highest BCUT2D eigenvalue weighted by molar-refractivity contribution is 9.10. The maximum absolute atomic E-state index is 13.6. The average molecular weight is 431 g/mol. The van der Waals surface area contributed by atoms with Crippen LogP contribution in [0.5, 0.6) is 0 Å². The molecule has 3 rings (SSSR count). The number of nitrogens with one attached hydrogen (secondary N) is 2. The molecule has 1 aromatic carbocycles. The molecular formula is C17H18BrF3N4O. The molecule has 0 saturated heterocycles. The number of halogens is 4. The number of aromatic nitrogens is 2. The van der Waals surface area contributed by atoms with Crippen molar-refractivity contribution in [3.63, 3.8) is 0 Å². The average Bonchev–Trinajstić information content (AvgIpc) is 3.02. The normalized spacial score (nSPS) is 19.6. The molecule has 1 amide bonds. The molecule has 0 spiro atoms. The molecule has 26 heavy (non-hydrogen) atoms. The van der Waals surface area contributed by atoms with E-state index in [4.69, 9.17) is 0 Å². The van der Waals surface area contributed by atoms with Gasteiger partial charge in [-0.3, -0.25) is 4.79 Å². The van der Waals surface area contributed by atoms with E-state index >= 15 is 0 Å². The van der Waals surface area contributed by atoms with E-state index in [2.05, 4.69) is 31.7 Å². The molecule has 1 aromatic heterocycles. The third-order valence-corrected chi connectivity index (χ3v) is 4.82. The summed E-state index contributed by atoms with van der Waals surface area (Å²) < 4.78 is 42.5. The minimum Gasteiger partial charge on any atom is -0.363 e. The molecule has 5 nitrogen and oxygen atoms in total. The van der Waals surface area contributed by atoms with E-state index in [0.717, 1.165) is 21.1 Å². The first-order chi connectivity index (χ1) is 12.3. The van der Waals surface area contributed by atoms with Crippen LogP contribution < -0.4 is 10.6 Å². The van der Waals surface area contributed by atoms with Gasteiger partial charge in [-0.1, -0.05) is 35.0 Å². The highest BCUT2D eigenvalue weighted by Crippen LogP contribution is 2.44. The fourth-order valence-corrected chi connectivity index (χ4v) is 3.24. The number of carbonyl (C=O) groups is 1. The molecule has 140 valence electrons. The summed E-state index contributed by atoms with van der Waals surface area (Å²) in [6.07, 6.45) is -2.74. The van der Waals surface area contributed by atoms with Gasteiger partial charge in [-0.15, -0.1) is 0 Å². The molecule has 2 heterocycles. The lowest BCUT2D eigenvalue weighted by Crippen LogP contribution is -2.36. The Balaban J connectivity index is 1.98. The zero-order valence-electron chi connectivity index (χ0n) is 14.0. The minimum absolute atomic E-state index is 0.0973. The van der Waals surface area contributed by atoms with Gasteiger partial charge in [0, 0.05) is 17.4 Å². The van der Waals surface area contributed by atoms with Gasteiger partial charge in [-0.05, 0) is 24.1 Å². The standard InChI is InChI=1S/C17H18BrF3N4O/c1-2-7-22-16(26)12-9-23-25-14(17(19,20)21)8-13(24-15(12)25)10-3-5-11(18)6-4-10/h3-6,9,13-14,24H,2,7-8H2,1H3,(H,22,26)/t13-,14+/m1/s1. The number of hydrogen-bond donors (Lipinski definition) is 2. The molecular weight excluding hydrogens is 413 g/mol.